The second-order valence-corrected chi connectivity index (χ2v) is 9.76. The first kappa shape index (κ1) is 21.2. The minimum Gasteiger partial charge on any atom is -0.489 e. The van der Waals surface area contributed by atoms with Crippen LogP contribution in [-0.2, 0) is 0 Å². The van der Waals surface area contributed by atoms with Crippen molar-refractivity contribution in [3.8, 4) is 39.7 Å². The van der Waals surface area contributed by atoms with Crippen LogP contribution in [0.3, 0.4) is 0 Å². The Morgan fingerprint density at radius 2 is 1.81 bits per heavy atom. The number of piperidine rings is 1. The van der Waals surface area contributed by atoms with Crippen molar-refractivity contribution in [1.82, 2.24) is 35.5 Å². The summed E-state index contributed by atoms with van der Waals surface area (Å²) in [7, 11) is 0. The summed E-state index contributed by atoms with van der Waals surface area (Å²) in [6, 6.07) is 10.3. The number of pyridine rings is 3. The number of hydrogen-bond acceptors (Lipinski definition) is 7. The minimum absolute atomic E-state index is 0.217. The fourth-order valence-corrected chi connectivity index (χ4v) is 5.46. The van der Waals surface area contributed by atoms with Crippen LogP contribution in [0.4, 0.5) is 0 Å². The summed E-state index contributed by atoms with van der Waals surface area (Å²) in [5, 5.41) is 17.4. The van der Waals surface area contributed by atoms with E-state index >= 15 is 0 Å². The van der Waals surface area contributed by atoms with Gasteiger partial charge in [0, 0.05) is 45.2 Å². The molecule has 7 heterocycles. The molecule has 0 aliphatic carbocycles. The Bertz CT molecular complexity index is 1660. The van der Waals surface area contributed by atoms with E-state index in [4.69, 9.17) is 4.74 Å². The van der Waals surface area contributed by atoms with E-state index in [0.717, 1.165) is 87.4 Å². The maximum Gasteiger partial charge on any atom is 0.138 e. The van der Waals surface area contributed by atoms with Gasteiger partial charge >= 0.3 is 0 Å². The first-order chi connectivity index (χ1) is 17.8. The zero-order chi connectivity index (χ0) is 23.9. The van der Waals surface area contributed by atoms with Gasteiger partial charge in [-0.3, -0.25) is 20.1 Å². The van der Waals surface area contributed by atoms with E-state index in [1.807, 2.05) is 30.7 Å². The molecule has 1 aliphatic heterocycles. The predicted molar refractivity (Wildman–Crippen MR) is 142 cm³/mol. The van der Waals surface area contributed by atoms with Crippen LogP contribution in [0.15, 0.2) is 65.9 Å². The van der Waals surface area contributed by atoms with Crippen molar-refractivity contribution in [2.45, 2.75) is 18.9 Å². The Hall–Kier alpha value is -4.08. The van der Waals surface area contributed by atoms with Crippen LogP contribution in [0.5, 0.6) is 5.75 Å². The number of nitrogens with one attached hydrogen (secondary N) is 3. The molecule has 0 radical (unpaired) electrons. The fraction of sp³-hybridized carbons (Fsp3) is 0.185. The van der Waals surface area contributed by atoms with Crippen molar-refractivity contribution < 1.29 is 4.74 Å². The minimum atomic E-state index is 0.217. The molecular weight excluding hydrogens is 470 g/mol. The fourth-order valence-electron chi connectivity index (χ4n) is 4.82. The number of nitrogens with zero attached hydrogens (tertiary/aromatic N) is 4. The molecule has 9 heteroatoms. The third-order valence-corrected chi connectivity index (χ3v) is 7.33. The quantitative estimate of drug-likeness (QED) is 0.296. The molecule has 0 atom stereocenters. The topological polar surface area (TPSA) is 104 Å². The molecule has 7 rings (SSSR count). The molecule has 0 amide bonds. The number of aromatic amines is 2. The van der Waals surface area contributed by atoms with Gasteiger partial charge in [0.05, 0.1) is 35.0 Å². The molecule has 0 bridgehead atoms. The number of H-pyrrole nitrogens is 2. The number of ether oxygens (including phenoxy) is 1. The smallest absolute Gasteiger partial charge is 0.138 e. The predicted octanol–water partition coefficient (Wildman–Crippen LogP) is 5.42. The molecule has 6 aromatic rings. The van der Waals surface area contributed by atoms with Crippen molar-refractivity contribution in [3.63, 3.8) is 0 Å². The Morgan fingerprint density at radius 3 is 2.69 bits per heavy atom. The second-order valence-electron chi connectivity index (χ2n) is 8.98. The zero-order valence-electron chi connectivity index (χ0n) is 19.4. The van der Waals surface area contributed by atoms with Crippen molar-refractivity contribution >= 4 is 33.1 Å². The summed E-state index contributed by atoms with van der Waals surface area (Å²) in [4.78, 5) is 17.3. The molecule has 1 fully saturated rings. The zero-order valence-corrected chi connectivity index (χ0v) is 20.2. The number of fused-ring (bicyclic) bond motifs is 2. The lowest BCUT2D eigenvalue weighted by atomic mass is 10.1. The first-order valence-corrected chi connectivity index (χ1v) is 12.9. The Kier molecular flexibility index (Phi) is 5.22. The van der Waals surface area contributed by atoms with Gasteiger partial charge in [-0.1, -0.05) is 0 Å². The number of thiophene rings is 1. The van der Waals surface area contributed by atoms with Gasteiger partial charge in [-0.15, -0.1) is 0 Å². The molecular formula is C27H23N7OS. The molecule has 1 aliphatic rings. The normalized spacial score (nSPS) is 14.6. The molecule has 0 unspecified atom stereocenters. The molecule has 8 nitrogen and oxygen atoms in total. The van der Waals surface area contributed by atoms with Crippen LogP contribution in [0.2, 0.25) is 0 Å². The summed E-state index contributed by atoms with van der Waals surface area (Å²) >= 11 is 1.67. The molecule has 3 N–H and O–H groups in total. The van der Waals surface area contributed by atoms with Crippen molar-refractivity contribution in [2.24, 2.45) is 0 Å². The summed E-state index contributed by atoms with van der Waals surface area (Å²) in [5.41, 5.74) is 7.50. The van der Waals surface area contributed by atoms with E-state index in [1.165, 1.54) is 0 Å². The van der Waals surface area contributed by atoms with Crippen molar-refractivity contribution in [1.29, 1.82) is 0 Å². The largest absolute Gasteiger partial charge is 0.489 e. The molecule has 0 aromatic carbocycles. The van der Waals surface area contributed by atoms with Gasteiger partial charge in [0.2, 0.25) is 0 Å². The van der Waals surface area contributed by atoms with Gasteiger partial charge in [0.25, 0.3) is 0 Å². The number of rotatable bonds is 5. The first-order valence-electron chi connectivity index (χ1n) is 12.0. The molecule has 0 saturated carbocycles. The van der Waals surface area contributed by atoms with Gasteiger partial charge in [-0.2, -0.15) is 16.4 Å². The Labute approximate surface area is 210 Å². The summed E-state index contributed by atoms with van der Waals surface area (Å²) in [6.45, 7) is 1.97. The lowest BCUT2D eigenvalue weighted by molar-refractivity contribution is 0.162. The highest BCUT2D eigenvalue weighted by molar-refractivity contribution is 7.08. The maximum atomic E-state index is 6.20. The third kappa shape index (κ3) is 3.82. The van der Waals surface area contributed by atoms with E-state index in [2.05, 4.69) is 64.4 Å². The molecule has 1 saturated heterocycles. The highest BCUT2D eigenvalue weighted by Gasteiger charge is 2.17. The summed E-state index contributed by atoms with van der Waals surface area (Å²) in [6.07, 6.45) is 9.48. The highest BCUT2D eigenvalue weighted by Crippen LogP contribution is 2.34. The molecule has 178 valence electrons. The van der Waals surface area contributed by atoms with Crippen LogP contribution < -0.4 is 10.1 Å². The number of aromatic nitrogens is 6. The van der Waals surface area contributed by atoms with E-state index < -0.39 is 0 Å². The van der Waals surface area contributed by atoms with E-state index in [0.29, 0.717) is 0 Å². The van der Waals surface area contributed by atoms with Crippen LogP contribution in [-0.4, -0.2) is 49.3 Å². The van der Waals surface area contributed by atoms with E-state index in [1.54, 1.807) is 17.5 Å². The summed E-state index contributed by atoms with van der Waals surface area (Å²) < 4.78 is 6.20. The summed E-state index contributed by atoms with van der Waals surface area (Å²) in [5.74, 6) is 0.776. The van der Waals surface area contributed by atoms with Gasteiger partial charge in [0.1, 0.15) is 17.5 Å². The highest BCUT2D eigenvalue weighted by atomic mass is 32.1. The van der Waals surface area contributed by atoms with Crippen molar-refractivity contribution in [3.05, 3.63) is 65.9 Å². The SMILES string of the molecule is c1cc2[nH]c(-c3n[nH]c4cnc(-c5cncc(OC6CCNCC6)c5)cc34)cc2c(-c2ccsc2)n1. The standard InChI is InChI=1S/C27H23N7OS/c1-5-28-6-2-18(1)35-19-9-17(12-29-13-19)23-10-21-25(14-31-23)33-34-27(21)24-11-20-22(32-24)3-7-30-26(20)16-4-8-36-15-16/h3-4,7-15,18,28,32H,1-2,5-6H2,(H,33,34). The lowest BCUT2D eigenvalue weighted by Gasteiger charge is -2.23. The van der Waals surface area contributed by atoms with Gasteiger partial charge in [-0.05, 0) is 61.6 Å². The average molecular weight is 494 g/mol. The van der Waals surface area contributed by atoms with Crippen molar-refractivity contribution in [2.75, 3.05) is 13.1 Å². The third-order valence-electron chi connectivity index (χ3n) is 6.64. The second kappa shape index (κ2) is 8.85. The van der Waals surface area contributed by atoms with Gasteiger partial charge in [0.15, 0.2) is 0 Å². The van der Waals surface area contributed by atoms with Gasteiger partial charge in [-0.25, -0.2) is 0 Å². The molecule has 0 spiro atoms. The van der Waals surface area contributed by atoms with Crippen LogP contribution >= 0.6 is 11.3 Å². The van der Waals surface area contributed by atoms with E-state index in [9.17, 15) is 0 Å². The average Bonchev–Trinajstić information content (AvgIpc) is 3.68. The van der Waals surface area contributed by atoms with Crippen LogP contribution in [0.25, 0.3) is 55.7 Å². The van der Waals surface area contributed by atoms with Gasteiger partial charge < -0.3 is 15.0 Å². The number of hydrogen-bond donors (Lipinski definition) is 3. The maximum absolute atomic E-state index is 6.20. The molecule has 36 heavy (non-hydrogen) atoms. The van der Waals surface area contributed by atoms with Crippen LogP contribution in [0.1, 0.15) is 12.8 Å². The Morgan fingerprint density at radius 1 is 0.889 bits per heavy atom. The molecule has 6 aromatic heterocycles. The monoisotopic (exact) mass is 493 g/mol. The van der Waals surface area contributed by atoms with Crippen LogP contribution in [0, 0.1) is 0 Å². The lowest BCUT2D eigenvalue weighted by Crippen LogP contribution is -2.34. The van der Waals surface area contributed by atoms with E-state index in [-0.39, 0.29) is 6.10 Å². The Balaban J connectivity index is 1.26.